The molecule has 7 nitrogen and oxygen atoms in total. The van der Waals surface area contributed by atoms with Gasteiger partial charge in [-0.25, -0.2) is 5.43 Å². The lowest BCUT2D eigenvalue weighted by Crippen LogP contribution is -2.26. The number of aromatic nitrogens is 1. The van der Waals surface area contributed by atoms with Gasteiger partial charge < -0.3 is 21.2 Å². The second kappa shape index (κ2) is 8.08. The minimum absolute atomic E-state index is 0.00495. The van der Waals surface area contributed by atoms with Crippen molar-refractivity contribution in [3.8, 4) is 0 Å². The average Bonchev–Trinajstić information content (AvgIpc) is 3.12. The maximum Gasteiger partial charge on any atom is 0.228 e. The molecule has 3 aromatic rings. The van der Waals surface area contributed by atoms with Gasteiger partial charge in [0, 0.05) is 23.8 Å². The number of hydrogen-bond acceptors (Lipinski definition) is 6. The molecule has 4 rings (SSSR count). The van der Waals surface area contributed by atoms with Gasteiger partial charge in [0.2, 0.25) is 5.91 Å². The maximum absolute atomic E-state index is 12.2. The van der Waals surface area contributed by atoms with Gasteiger partial charge in [-0.2, -0.15) is 0 Å². The number of benzene rings is 2. The molecule has 1 amide bonds. The van der Waals surface area contributed by atoms with Crippen molar-refractivity contribution in [1.82, 2.24) is 10.4 Å². The van der Waals surface area contributed by atoms with E-state index in [0.29, 0.717) is 5.69 Å². The fraction of sp³-hybridized carbons (Fsp3) is 0.143. The molecule has 2 heterocycles. The third kappa shape index (κ3) is 4.11. The molecule has 1 aliphatic heterocycles. The van der Waals surface area contributed by atoms with Crippen molar-refractivity contribution in [1.29, 1.82) is 0 Å². The number of pyridine rings is 1. The summed E-state index contributed by atoms with van der Waals surface area (Å²) in [5.41, 5.74) is 10.8. The van der Waals surface area contributed by atoms with E-state index in [9.17, 15) is 9.90 Å². The number of nitrogens with one attached hydrogen (secondary N) is 4. The van der Waals surface area contributed by atoms with E-state index in [1.54, 1.807) is 6.20 Å². The van der Waals surface area contributed by atoms with Crippen LogP contribution in [0.5, 0.6) is 0 Å². The molecule has 0 fully saturated rings. The molecule has 1 aromatic heterocycles. The van der Waals surface area contributed by atoms with Gasteiger partial charge in [0.05, 0.1) is 18.2 Å². The predicted octanol–water partition coefficient (Wildman–Crippen LogP) is 2.86. The number of fused-ring (bicyclic) bond motifs is 1. The van der Waals surface area contributed by atoms with E-state index >= 15 is 0 Å². The van der Waals surface area contributed by atoms with Gasteiger partial charge in [-0.3, -0.25) is 9.78 Å². The molecule has 2 unspecified atom stereocenters. The highest BCUT2D eigenvalue weighted by molar-refractivity contribution is 5.92. The topological polar surface area (TPSA) is 98.3 Å². The maximum atomic E-state index is 12.2. The minimum atomic E-state index is -0.966. The first-order chi connectivity index (χ1) is 13.7. The van der Waals surface area contributed by atoms with Crippen molar-refractivity contribution >= 4 is 23.0 Å². The number of hydrazine groups is 1. The van der Waals surface area contributed by atoms with Gasteiger partial charge in [0.15, 0.2) is 0 Å². The lowest BCUT2D eigenvalue weighted by atomic mass is 10.0. The Morgan fingerprint density at radius 1 is 1.11 bits per heavy atom. The molecule has 7 heteroatoms. The second-order valence-electron chi connectivity index (χ2n) is 6.57. The fourth-order valence-electron chi connectivity index (χ4n) is 3.20. The van der Waals surface area contributed by atoms with Crippen molar-refractivity contribution < 1.29 is 9.90 Å². The largest absolute Gasteiger partial charge is 0.373 e. The second-order valence-corrected chi connectivity index (χ2v) is 6.57. The molecule has 0 spiro atoms. The Morgan fingerprint density at radius 2 is 1.96 bits per heavy atom. The molecule has 0 saturated heterocycles. The Hall–Kier alpha value is -3.42. The molecule has 0 saturated carbocycles. The highest BCUT2D eigenvalue weighted by atomic mass is 16.3. The average molecular weight is 375 g/mol. The van der Waals surface area contributed by atoms with Crippen LogP contribution in [0.4, 0.5) is 17.1 Å². The number of nitrogens with zero attached hydrogens (tertiary/aromatic N) is 1. The summed E-state index contributed by atoms with van der Waals surface area (Å²) in [5, 5.41) is 15.8. The van der Waals surface area contributed by atoms with Gasteiger partial charge in [-0.15, -0.1) is 0 Å². The van der Waals surface area contributed by atoms with Gasteiger partial charge in [-0.1, -0.05) is 30.3 Å². The van der Waals surface area contributed by atoms with Crippen LogP contribution in [0.1, 0.15) is 23.6 Å². The standard InChI is InChI=1S/C21H21N5O2/c27-19(23-15-6-2-1-3-7-15)12-20(28)24-16-8-9-17-18(11-16)25-26-21(17)14-5-4-10-22-13-14/h1-11,13,19,21,23,25-27H,12H2,(H,24,28). The summed E-state index contributed by atoms with van der Waals surface area (Å²) in [6, 6.07) is 18.9. The smallest absolute Gasteiger partial charge is 0.228 e. The summed E-state index contributed by atoms with van der Waals surface area (Å²) in [7, 11) is 0. The van der Waals surface area contributed by atoms with Crippen molar-refractivity contribution in [3.05, 3.63) is 84.2 Å². The van der Waals surface area contributed by atoms with Gasteiger partial charge in [-0.05, 0) is 41.5 Å². The lowest BCUT2D eigenvalue weighted by Gasteiger charge is -2.14. The molecule has 2 aromatic carbocycles. The van der Waals surface area contributed by atoms with Gasteiger partial charge in [0.1, 0.15) is 6.23 Å². The van der Waals surface area contributed by atoms with E-state index in [4.69, 9.17) is 0 Å². The van der Waals surface area contributed by atoms with Gasteiger partial charge in [0.25, 0.3) is 0 Å². The summed E-state index contributed by atoms with van der Waals surface area (Å²) < 4.78 is 0. The fourth-order valence-corrected chi connectivity index (χ4v) is 3.20. The number of carbonyl (C=O) groups excluding carboxylic acids is 1. The van der Waals surface area contributed by atoms with Crippen molar-refractivity contribution in [3.63, 3.8) is 0 Å². The van der Waals surface area contributed by atoms with Crippen LogP contribution in [-0.4, -0.2) is 22.2 Å². The monoisotopic (exact) mass is 375 g/mol. The molecule has 5 N–H and O–H groups in total. The first-order valence-electron chi connectivity index (χ1n) is 9.04. The van der Waals surface area contributed by atoms with Crippen LogP contribution < -0.4 is 21.5 Å². The number of para-hydroxylation sites is 1. The highest BCUT2D eigenvalue weighted by Gasteiger charge is 2.24. The number of anilines is 3. The van der Waals surface area contributed by atoms with E-state index < -0.39 is 6.23 Å². The van der Waals surface area contributed by atoms with Gasteiger partial charge >= 0.3 is 0 Å². The summed E-state index contributed by atoms with van der Waals surface area (Å²) in [6.45, 7) is 0. The molecule has 142 valence electrons. The number of amides is 1. The summed E-state index contributed by atoms with van der Waals surface area (Å²) in [6.07, 6.45) is 2.54. The molecule has 0 bridgehead atoms. The Labute approximate surface area is 162 Å². The lowest BCUT2D eigenvalue weighted by molar-refractivity contribution is -0.117. The van der Waals surface area contributed by atoms with E-state index in [2.05, 4.69) is 26.5 Å². The highest BCUT2D eigenvalue weighted by Crippen LogP contribution is 2.34. The van der Waals surface area contributed by atoms with Crippen LogP contribution in [0.2, 0.25) is 0 Å². The number of hydrogen-bond donors (Lipinski definition) is 5. The molecule has 0 aliphatic carbocycles. The Kier molecular flexibility index (Phi) is 5.18. The first-order valence-corrected chi connectivity index (χ1v) is 9.04. The molecule has 28 heavy (non-hydrogen) atoms. The number of aliphatic hydroxyl groups is 1. The van der Waals surface area contributed by atoms with Crippen molar-refractivity contribution in [2.75, 3.05) is 16.1 Å². The summed E-state index contributed by atoms with van der Waals surface area (Å²) in [5.74, 6) is -0.273. The van der Waals surface area contributed by atoms with E-state index in [0.717, 1.165) is 22.5 Å². The Balaban J connectivity index is 1.37. The Morgan fingerprint density at radius 3 is 2.75 bits per heavy atom. The summed E-state index contributed by atoms with van der Waals surface area (Å²) in [4.78, 5) is 16.4. The van der Waals surface area contributed by atoms with Crippen LogP contribution >= 0.6 is 0 Å². The van der Waals surface area contributed by atoms with Crippen LogP contribution in [0.3, 0.4) is 0 Å². The zero-order chi connectivity index (χ0) is 19.3. The molecular weight excluding hydrogens is 354 g/mol. The van der Waals surface area contributed by atoms with Crippen molar-refractivity contribution in [2.45, 2.75) is 18.7 Å². The summed E-state index contributed by atoms with van der Waals surface area (Å²) >= 11 is 0. The van der Waals surface area contributed by atoms with Crippen LogP contribution in [-0.2, 0) is 4.79 Å². The van der Waals surface area contributed by atoms with E-state index in [1.807, 2.05) is 66.9 Å². The third-order valence-electron chi connectivity index (χ3n) is 4.50. The van der Waals surface area contributed by atoms with E-state index in [1.165, 1.54) is 0 Å². The predicted molar refractivity (Wildman–Crippen MR) is 109 cm³/mol. The van der Waals surface area contributed by atoms with Crippen molar-refractivity contribution in [2.24, 2.45) is 0 Å². The zero-order valence-electron chi connectivity index (χ0n) is 15.1. The number of aliphatic hydroxyl groups excluding tert-OH is 1. The first kappa shape index (κ1) is 18.0. The van der Waals surface area contributed by atoms with Crippen LogP contribution in [0.25, 0.3) is 0 Å². The van der Waals surface area contributed by atoms with Crippen LogP contribution in [0.15, 0.2) is 73.1 Å². The zero-order valence-corrected chi connectivity index (χ0v) is 15.1. The molecule has 0 radical (unpaired) electrons. The quantitative estimate of drug-likeness (QED) is 0.425. The minimum Gasteiger partial charge on any atom is -0.373 e. The SMILES string of the molecule is O=C(CC(O)Nc1ccccc1)Nc1ccc2c(c1)NNC2c1cccnc1. The number of rotatable bonds is 6. The number of carbonyl (C=O) groups is 1. The Bertz CT molecular complexity index is 950. The molecule has 1 aliphatic rings. The van der Waals surface area contributed by atoms with Crippen LogP contribution in [0, 0.1) is 0 Å². The molecular formula is C21H21N5O2. The van der Waals surface area contributed by atoms with E-state index in [-0.39, 0.29) is 18.4 Å². The molecule has 2 atom stereocenters. The third-order valence-corrected chi connectivity index (χ3v) is 4.50. The normalized spacial score (nSPS) is 16.0.